The van der Waals surface area contributed by atoms with Gasteiger partial charge in [-0.1, -0.05) is 30.3 Å². The van der Waals surface area contributed by atoms with Gasteiger partial charge in [-0.05, 0) is 35.0 Å². The summed E-state index contributed by atoms with van der Waals surface area (Å²) in [6, 6.07) is 17.4. The third-order valence-electron chi connectivity index (χ3n) is 4.16. The fourth-order valence-electron chi connectivity index (χ4n) is 2.90. The highest BCUT2D eigenvalue weighted by Crippen LogP contribution is 2.26. The van der Waals surface area contributed by atoms with Gasteiger partial charge in [0, 0.05) is 12.4 Å². The number of carbonyl (C=O) groups is 1. The minimum atomic E-state index is -0.181. The van der Waals surface area contributed by atoms with Crippen LogP contribution in [-0.2, 0) is 6.54 Å². The zero-order chi connectivity index (χ0) is 17.2. The van der Waals surface area contributed by atoms with Crippen molar-refractivity contribution in [1.29, 1.82) is 0 Å². The van der Waals surface area contributed by atoms with Gasteiger partial charge in [-0.3, -0.25) is 4.79 Å². The van der Waals surface area contributed by atoms with Crippen LogP contribution in [0, 0.1) is 0 Å². The summed E-state index contributed by atoms with van der Waals surface area (Å²) in [5.74, 6) is 0.380. The van der Waals surface area contributed by atoms with Crippen LogP contribution in [0.25, 0.3) is 16.4 Å². The van der Waals surface area contributed by atoms with Gasteiger partial charge < -0.3 is 14.5 Å². The molecule has 5 heteroatoms. The largest absolute Gasteiger partial charge is 0.496 e. The molecule has 4 rings (SSSR count). The molecule has 0 aliphatic heterocycles. The van der Waals surface area contributed by atoms with Gasteiger partial charge in [-0.2, -0.15) is 0 Å². The molecule has 0 aliphatic rings. The van der Waals surface area contributed by atoms with Crippen molar-refractivity contribution in [3.63, 3.8) is 0 Å². The Hall–Kier alpha value is -3.34. The zero-order valence-electron chi connectivity index (χ0n) is 13.8. The Bertz CT molecular complexity index is 1040. The van der Waals surface area contributed by atoms with E-state index in [0.717, 1.165) is 22.1 Å². The number of aromatic nitrogens is 2. The molecule has 0 unspecified atom stereocenters. The average molecular weight is 331 g/mol. The smallest absolute Gasteiger partial charge is 0.255 e. The first-order valence-electron chi connectivity index (χ1n) is 8.02. The van der Waals surface area contributed by atoms with E-state index >= 15 is 0 Å². The lowest BCUT2D eigenvalue weighted by Gasteiger charge is -2.10. The number of nitrogens with one attached hydrogen (secondary N) is 1. The number of pyridine rings is 1. The van der Waals surface area contributed by atoms with Crippen molar-refractivity contribution in [1.82, 2.24) is 14.7 Å². The number of ether oxygens (including phenoxy) is 1. The molecule has 0 radical (unpaired) electrons. The fourth-order valence-corrected chi connectivity index (χ4v) is 2.90. The number of carbonyl (C=O) groups excluding carboxylic acids is 1. The molecule has 0 fully saturated rings. The third kappa shape index (κ3) is 2.92. The Morgan fingerprint density at radius 3 is 2.64 bits per heavy atom. The maximum atomic E-state index is 12.6. The van der Waals surface area contributed by atoms with Crippen molar-refractivity contribution in [2.45, 2.75) is 6.54 Å². The quantitative estimate of drug-likeness (QED) is 0.623. The van der Waals surface area contributed by atoms with E-state index in [9.17, 15) is 4.79 Å². The van der Waals surface area contributed by atoms with Gasteiger partial charge in [0.15, 0.2) is 0 Å². The fraction of sp³-hybridized carbons (Fsp3) is 0.100. The molecule has 0 atom stereocenters. The molecule has 0 spiro atoms. The Kier molecular flexibility index (Phi) is 3.82. The number of hydrogen-bond acceptors (Lipinski definition) is 3. The summed E-state index contributed by atoms with van der Waals surface area (Å²) in [5.41, 5.74) is 2.18. The number of methoxy groups -OCH3 is 1. The van der Waals surface area contributed by atoms with Gasteiger partial charge in [-0.25, -0.2) is 4.98 Å². The van der Waals surface area contributed by atoms with Gasteiger partial charge >= 0.3 is 0 Å². The number of nitrogens with zero attached hydrogens (tertiary/aromatic N) is 2. The normalized spacial score (nSPS) is 10.9. The molecule has 124 valence electrons. The molecule has 2 aromatic carbocycles. The number of hydrogen-bond donors (Lipinski definition) is 1. The van der Waals surface area contributed by atoms with Crippen LogP contribution in [0.3, 0.4) is 0 Å². The van der Waals surface area contributed by atoms with Crippen LogP contribution >= 0.6 is 0 Å². The minimum Gasteiger partial charge on any atom is -0.496 e. The highest BCUT2D eigenvalue weighted by atomic mass is 16.5. The van der Waals surface area contributed by atoms with E-state index in [1.54, 1.807) is 7.11 Å². The molecule has 2 heterocycles. The van der Waals surface area contributed by atoms with E-state index in [-0.39, 0.29) is 5.91 Å². The minimum absolute atomic E-state index is 0.181. The van der Waals surface area contributed by atoms with Crippen LogP contribution in [0.2, 0.25) is 0 Å². The van der Waals surface area contributed by atoms with Crippen LogP contribution in [0.1, 0.15) is 16.1 Å². The molecule has 0 aliphatic carbocycles. The van der Waals surface area contributed by atoms with Crippen molar-refractivity contribution in [2.75, 3.05) is 7.11 Å². The van der Waals surface area contributed by atoms with E-state index in [0.29, 0.717) is 17.9 Å². The molecule has 0 saturated carbocycles. The summed E-state index contributed by atoms with van der Waals surface area (Å²) in [5, 5.41) is 4.96. The second kappa shape index (κ2) is 6.28. The van der Waals surface area contributed by atoms with Gasteiger partial charge in [0.1, 0.15) is 11.4 Å². The van der Waals surface area contributed by atoms with Gasteiger partial charge in [0.25, 0.3) is 5.91 Å². The number of benzene rings is 2. The highest BCUT2D eigenvalue weighted by molar-refractivity contribution is 6.01. The van der Waals surface area contributed by atoms with Crippen LogP contribution in [0.5, 0.6) is 5.75 Å². The van der Waals surface area contributed by atoms with E-state index in [1.165, 1.54) is 0 Å². The SMILES string of the molecule is COc1cc2ccccc2cc1C(=O)NCc1cn2ccccc2n1. The second-order valence-electron chi connectivity index (χ2n) is 5.78. The van der Waals surface area contributed by atoms with Gasteiger partial charge in [-0.15, -0.1) is 0 Å². The molecular formula is C20H17N3O2. The number of fused-ring (bicyclic) bond motifs is 2. The molecule has 25 heavy (non-hydrogen) atoms. The Morgan fingerprint density at radius 2 is 1.88 bits per heavy atom. The van der Waals surface area contributed by atoms with Crippen molar-refractivity contribution in [3.05, 3.63) is 78.2 Å². The molecule has 1 amide bonds. The zero-order valence-corrected chi connectivity index (χ0v) is 13.8. The van der Waals surface area contributed by atoms with E-state index < -0.39 is 0 Å². The summed E-state index contributed by atoms with van der Waals surface area (Å²) < 4.78 is 7.32. The Balaban J connectivity index is 1.58. The van der Waals surface area contributed by atoms with E-state index in [1.807, 2.05) is 71.4 Å². The average Bonchev–Trinajstić information content (AvgIpc) is 3.08. The first-order chi connectivity index (χ1) is 12.2. The first kappa shape index (κ1) is 15.2. The first-order valence-corrected chi connectivity index (χ1v) is 8.02. The van der Waals surface area contributed by atoms with Crippen molar-refractivity contribution in [3.8, 4) is 5.75 Å². The van der Waals surface area contributed by atoms with E-state index in [4.69, 9.17) is 4.74 Å². The van der Waals surface area contributed by atoms with Gasteiger partial charge in [0.2, 0.25) is 0 Å². The third-order valence-corrected chi connectivity index (χ3v) is 4.16. The Morgan fingerprint density at radius 1 is 1.12 bits per heavy atom. The van der Waals surface area contributed by atoms with Crippen molar-refractivity contribution < 1.29 is 9.53 Å². The number of rotatable bonds is 4. The summed E-state index contributed by atoms with van der Waals surface area (Å²) in [4.78, 5) is 17.1. The summed E-state index contributed by atoms with van der Waals surface area (Å²) >= 11 is 0. The Labute approximate surface area is 144 Å². The molecule has 2 aromatic heterocycles. The van der Waals surface area contributed by atoms with Crippen LogP contribution < -0.4 is 10.1 Å². The van der Waals surface area contributed by atoms with E-state index in [2.05, 4.69) is 10.3 Å². The maximum absolute atomic E-state index is 12.6. The predicted octanol–water partition coefficient (Wildman–Crippen LogP) is 3.43. The second-order valence-corrected chi connectivity index (χ2v) is 5.78. The molecular weight excluding hydrogens is 314 g/mol. The summed E-state index contributed by atoms with van der Waals surface area (Å²) in [6.45, 7) is 0.358. The molecule has 4 aromatic rings. The van der Waals surface area contributed by atoms with Gasteiger partial charge in [0.05, 0.1) is 24.9 Å². The summed E-state index contributed by atoms with van der Waals surface area (Å²) in [7, 11) is 1.57. The monoisotopic (exact) mass is 331 g/mol. The predicted molar refractivity (Wildman–Crippen MR) is 96.9 cm³/mol. The topological polar surface area (TPSA) is 55.6 Å². The summed E-state index contributed by atoms with van der Waals surface area (Å²) in [6.07, 6.45) is 3.84. The number of amides is 1. The molecule has 0 saturated heterocycles. The van der Waals surface area contributed by atoms with Crippen LogP contribution in [0.15, 0.2) is 67.0 Å². The van der Waals surface area contributed by atoms with Crippen LogP contribution in [0.4, 0.5) is 0 Å². The molecule has 5 nitrogen and oxygen atoms in total. The van der Waals surface area contributed by atoms with Crippen molar-refractivity contribution in [2.24, 2.45) is 0 Å². The lowest BCUT2D eigenvalue weighted by atomic mass is 10.1. The number of imidazole rings is 1. The lowest BCUT2D eigenvalue weighted by Crippen LogP contribution is -2.23. The maximum Gasteiger partial charge on any atom is 0.255 e. The van der Waals surface area contributed by atoms with Crippen molar-refractivity contribution >= 4 is 22.3 Å². The van der Waals surface area contributed by atoms with Crippen LogP contribution in [-0.4, -0.2) is 22.4 Å². The molecule has 0 bridgehead atoms. The molecule has 1 N–H and O–H groups in total. The lowest BCUT2D eigenvalue weighted by molar-refractivity contribution is 0.0947. The highest BCUT2D eigenvalue weighted by Gasteiger charge is 2.14. The standard InChI is InChI=1S/C20H17N3O2/c1-25-18-11-15-7-3-2-6-14(15)10-17(18)20(24)21-12-16-13-23-9-5-4-8-19(23)22-16/h2-11,13H,12H2,1H3,(H,21,24).